The summed E-state index contributed by atoms with van der Waals surface area (Å²) in [7, 11) is 0. The number of thioether (sulfide) groups is 1. The van der Waals surface area contributed by atoms with Gasteiger partial charge >= 0.3 is 0 Å². The molecule has 43 heavy (non-hydrogen) atoms. The molecule has 1 amide bonds. The number of ether oxygens (including phenoxy) is 1. The van der Waals surface area contributed by atoms with Gasteiger partial charge in [0.1, 0.15) is 17.4 Å². The molecular weight excluding hydrogens is 578 g/mol. The van der Waals surface area contributed by atoms with Crippen molar-refractivity contribution < 1.29 is 9.53 Å². The van der Waals surface area contributed by atoms with Crippen molar-refractivity contribution in [3.05, 3.63) is 106 Å². The van der Waals surface area contributed by atoms with Crippen LogP contribution in [0, 0.1) is 5.41 Å². The summed E-state index contributed by atoms with van der Waals surface area (Å²) in [5.41, 5.74) is 4.20. The molecule has 0 atom stereocenters. The van der Waals surface area contributed by atoms with Gasteiger partial charge in [0, 0.05) is 28.2 Å². The lowest BCUT2D eigenvalue weighted by molar-refractivity contribution is -0.114. The second-order valence-electron chi connectivity index (χ2n) is 11.0. The van der Waals surface area contributed by atoms with Crippen molar-refractivity contribution in [3.63, 3.8) is 0 Å². The van der Waals surface area contributed by atoms with Crippen LogP contribution in [0.1, 0.15) is 54.7 Å². The van der Waals surface area contributed by atoms with E-state index in [4.69, 9.17) is 21.7 Å². The number of amides is 1. The van der Waals surface area contributed by atoms with Crippen molar-refractivity contribution in [1.82, 2.24) is 9.58 Å². The molecule has 216 valence electrons. The largest absolute Gasteiger partial charge is 0.492 e. The minimum Gasteiger partial charge on any atom is -0.492 e. The van der Waals surface area contributed by atoms with Gasteiger partial charge in [0.2, 0.25) is 5.17 Å². The van der Waals surface area contributed by atoms with Crippen LogP contribution in [-0.4, -0.2) is 38.1 Å². The van der Waals surface area contributed by atoms with E-state index < -0.39 is 5.91 Å². The number of para-hydroxylation sites is 1. The van der Waals surface area contributed by atoms with Gasteiger partial charge < -0.3 is 9.30 Å². The average Bonchev–Trinajstić information content (AvgIpc) is 3.62. The number of nitrogens with zero attached hydrogens (tertiary/aromatic N) is 4. The standard InChI is InChI=1S/C34H30ClN5O2S/c35-29-12-6-4-11-27(29)33-38-40-31(36)28(32(41)37-34(40)43-33)20-24-21-39(30-13-7-5-10-26(24)30)18-19-42-25-16-14-23(15-17-25)22-8-2-1-3-9-22/h4-7,10-17,20-22,36H,1-3,8-9,18-19H2/b28-20-,36-31?. The zero-order valence-electron chi connectivity index (χ0n) is 23.5. The summed E-state index contributed by atoms with van der Waals surface area (Å²) in [6.45, 7) is 1.14. The highest BCUT2D eigenvalue weighted by Gasteiger charge is 2.36. The summed E-state index contributed by atoms with van der Waals surface area (Å²) in [4.78, 5) is 17.4. The fourth-order valence-electron chi connectivity index (χ4n) is 6.00. The number of hydrazone groups is 1. The fraction of sp³-hybridized carbons (Fsp3) is 0.235. The molecule has 3 aromatic carbocycles. The van der Waals surface area contributed by atoms with Gasteiger partial charge in [0.05, 0.1) is 17.1 Å². The molecule has 1 aliphatic carbocycles. The van der Waals surface area contributed by atoms with Crippen LogP contribution >= 0.6 is 23.4 Å². The van der Waals surface area contributed by atoms with Crippen molar-refractivity contribution in [2.24, 2.45) is 10.1 Å². The number of fused-ring (bicyclic) bond motifs is 2. The van der Waals surface area contributed by atoms with Crippen molar-refractivity contribution in [3.8, 4) is 5.75 Å². The number of carbonyl (C=O) groups is 1. The molecule has 0 bridgehead atoms. The van der Waals surface area contributed by atoms with Gasteiger partial charge in [-0.15, -0.1) is 0 Å². The van der Waals surface area contributed by atoms with Crippen LogP contribution in [0.3, 0.4) is 0 Å². The zero-order chi connectivity index (χ0) is 29.3. The van der Waals surface area contributed by atoms with Crippen LogP contribution < -0.4 is 4.74 Å². The lowest BCUT2D eigenvalue weighted by Gasteiger charge is -2.22. The number of halogens is 1. The Hall–Kier alpha value is -4.14. The summed E-state index contributed by atoms with van der Waals surface area (Å²) >= 11 is 7.61. The van der Waals surface area contributed by atoms with E-state index in [9.17, 15) is 4.79 Å². The predicted octanol–water partition coefficient (Wildman–Crippen LogP) is 8.09. The molecule has 0 unspecified atom stereocenters. The van der Waals surface area contributed by atoms with E-state index >= 15 is 0 Å². The van der Waals surface area contributed by atoms with Crippen LogP contribution in [0.5, 0.6) is 5.75 Å². The molecule has 3 heterocycles. The van der Waals surface area contributed by atoms with Crippen molar-refractivity contribution in [2.75, 3.05) is 6.61 Å². The fourth-order valence-corrected chi connectivity index (χ4v) is 7.21. The smallest absolute Gasteiger partial charge is 0.283 e. The lowest BCUT2D eigenvalue weighted by atomic mass is 9.84. The first kappa shape index (κ1) is 27.7. The molecule has 2 aliphatic heterocycles. The number of aliphatic imine (C=N–C) groups is 1. The minimum absolute atomic E-state index is 0.0126. The first-order chi connectivity index (χ1) is 21.0. The minimum atomic E-state index is -0.462. The number of hydrogen-bond acceptors (Lipinski definition) is 5. The van der Waals surface area contributed by atoms with Gasteiger partial charge in [-0.05, 0) is 66.4 Å². The molecule has 0 radical (unpaired) electrons. The van der Waals surface area contributed by atoms with Crippen LogP contribution in [0.15, 0.2) is 94.7 Å². The highest BCUT2D eigenvalue weighted by molar-refractivity contribution is 8.27. The van der Waals surface area contributed by atoms with E-state index in [2.05, 4.69) is 45.0 Å². The third kappa shape index (κ3) is 5.53. The molecule has 1 fully saturated rings. The lowest BCUT2D eigenvalue weighted by Crippen LogP contribution is -2.35. The van der Waals surface area contributed by atoms with Gasteiger partial charge in [-0.25, -0.2) is 0 Å². The van der Waals surface area contributed by atoms with E-state index in [1.807, 2.05) is 42.6 Å². The number of nitrogens with one attached hydrogen (secondary N) is 1. The monoisotopic (exact) mass is 607 g/mol. The maximum absolute atomic E-state index is 13.1. The van der Waals surface area contributed by atoms with E-state index in [0.29, 0.717) is 34.3 Å². The summed E-state index contributed by atoms with van der Waals surface area (Å²) in [6, 6.07) is 24.0. The Labute approximate surface area is 259 Å². The molecule has 7 nitrogen and oxygen atoms in total. The number of rotatable bonds is 7. The summed E-state index contributed by atoms with van der Waals surface area (Å²) in [6.07, 6.45) is 10.3. The Kier molecular flexibility index (Phi) is 7.63. The first-order valence-corrected chi connectivity index (χ1v) is 15.8. The predicted molar refractivity (Wildman–Crippen MR) is 175 cm³/mol. The number of carbonyl (C=O) groups excluding carboxylic acids is 1. The second-order valence-corrected chi connectivity index (χ2v) is 12.3. The topological polar surface area (TPSA) is 83.0 Å². The highest BCUT2D eigenvalue weighted by Crippen LogP contribution is 2.35. The molecule has 1 aromatic heterocycles. The van der Waals surface area contributed by atoms with Gasteiger partial charge in [-0.2, -0.15) is 15.1 Å². The summed E-state index contributed by atoms with van der Waals surface area (Å²) in [5, 5.41) is 17.3. The molecule has 0 spiro atoms. The number of amidine groups is 2. The van der Waals surface area contributed by atoms with Crippen LogP contribution in [0.2, 0.25) is 5.02 Å². The van der Waals surface area contributed by atoms with E-state index in [1.54, 1.807) is 12.1 Å². The Morgan fingerprint density at radius 1 is 1.00 bits per heavy atom. The van der Waals surface area contributed by atoms with E-state index in [-0.39, 0.29) is 11.4 Å². The molecule has 1 saturated carbocycles. The molecule has 3 aliphatic rings. The van der Waals surface area contributed by atoms with Gasteiger partial charge in [0.15, 0.2) is 5.84 Å². The maximum Gasteiger partial charge on any atom is 0.283 e. The first-order valence-electron chi connectivity index (χ1n) is 14.6. The quantitative estimate of drug-likeness (QED) is 0.215. The van der Waals surface area contributed by atoms with Gasteiger partial charge in [-0.1, -0.05) is 79.4 Å². The normalized spacial score (nSPS) is 18.3. The molecule has 4 aromatic rings. The van der Waals surface area contributed by atoms with Gasteiger partial charge in [-0.3, -0.25) is 10.2 Å². The Balaban J connectivity index is 1.09. The van der Waals surface area contributed by atoms with Crippen LogP contribution in [0.25, 0.3) is 17.0 Å². The van der Waals surface area contributed by atoms with Crippen molar-refractivity contribution in [2.45, 2.75) is 44.6 Å². The Bertz CT molecular complexity index is 1820. The summed E-state index contributed by atoms with van der Waals surface area (Å²) in [5.74, 6) is 1.07. The maximum atomic E-state index is 13.1. The third-order valence-corrected chi connectivity index (χ3v) is 9.51. The molecule has 9 heteroatoms. The number of benzene rings is 3. The molecular formula is C34H30ClN5O2S. The third-order valence-electron chi connectivity index (χ3n) is 8.24. The second kappa shape index (κ2) is 11.9. The molecule has 1 N–H and O–H groups in total. The molecule has 7 rings (SSSR count). The van der Waals surface area contributed by atoms with Crippen molar-refractivity contribution in [1.29, 1.82) is 5.41 Å². The number of aromatic nitrogens is 1. The number of hydrogen-bond donors (Lipinski definition) is 1. The SMILES string of the molecule is N=C1/C(=C/c2cn(CCOc3ccc(C4CCCCC4)cc3)c3ccccc23)C(=O)N=C2SC(c3ccccc3Cl)=NN12. The zero-order valence-corrected chi connectivity index (χ0v) is 25.1. The highest BCUT2D eigenvalue weighted by atomic mass is 35.5. The Morgan fingerprint density at radius 2 is 1.77 bits per heavy atom. The average molecular weight is 608 g/mol. The summed E-state index contributed by atoms with van der Waals surface area (Å²) < 4.78 is 8.25. The van der Waals surface area contributed by atoms with Crippen LogP contribution in [-0.2, 0) is 11.3 Å². The molecule has 0 saturated heterocycles. The Morgan fingerprint density at radius 3 is 2.58 bits per heavy atom. The van der Waals surface area contributed by atoms with Gasteiger partial charge in [0.25, 0.3) is 5.91 Å². The van der Waals surface area contributed by atoms with Crippen LogP contribution in [0.4, 0.5) is 0 Å². The van der Waals surface area contributed by atoms with Crippen molar-refractivity contribution >= 4 is 62.3 Å². The van der Waals surface area contributed by atoms with E-state index in [0.717, 1.165) is 27.8 Å². The van der Waals surface area contributed by atoms with E-state index in [1.165, 1.54) is 54.4 Å².